The summed E-state index contributed by atoms with van der Waals surface area (Å²) in [5, 5.41) is 0. The molecule has 5 nitrogen and oxygen atoms in total. The van der Waals surface area contributed by atoms with Crippen molar-refractivity contribution in [2.75, 3.05) is 6.54 Å². The van der Waals surface area contributed by atoms with Gasteiger partial charge in [0, 0.05) is 29.9 Å². The zero-order valence-electron chi connectivity index (χ0n) is 17.0. The number of carbonyl (C=O) groups is 1. The van der Waals surface area contributed by atoms with E-state index in [1.54, 1.807) is 6.07 Å². The zero-order valence-corrected chi connectivity index (χ0v) is 18.6. The van der Waals surface area contributed by atoms with Gasteiger partial charge in [0.15, 0.2) is 0 Å². The van der Waals surface area contributed by atoms with Crippen LogP contribution in [0.2, 0.25) is 0 Å². The van der Waals surface area contributed by atoms with Crippen LogP contribution >= 0.6 is 11.3 Å². The Labute approximate surface area is 177 Å². The molecule has 0 bridgehead atoms. The number of fused-ring (bicyclic) bond motifs is 1. The first kappa shape index (κ1) is 20.6. The normalized spacial score (nSPS) is 18.2. The van der Waals surface area contributed by atoms with Crippen molar-refractivity contribution >= 4 is 27.3 Å². The maximum atomic E-state index is 13.0. The lowest BCUT2D eigenvalue weighted by atomic mass is 9.84. The van der Waals surface area contributed by atoms with Crippen LogP contribution in [-0.4, -0.2) is 25.8 Å². The summed E-state index contributed by atoms with van der Waals surface area (Å²) in [4.78, 5) is 15.5. The van der Waals surface area contributed by atoms with Crippen LogP contribution in [0.5, 0.6) is 0 Å². The van der Waals surface area contributed by atoms with Gasteiger partial charge in [-0.05, 0) is 55.4 Å². The summed E-state index contributed by atoms with van der Waals surface area (Å²) in [6, 6.07) is 9.50. The van der Waals surface area contributed by atoms with Crippen molar-refractivity contribution in [3.8, 4) is 0 Å². The highest BCUT2D eigenvalue weighted by Crippen LogP contribution is 2.34. The number of nitrogens with one attached hydrogen (secondary N) is 1. The first-order valence-corrected chi connectivity index (χ1v) is 12.7. The predicted molar refractivity (Wildman–Crippen MR) is 115 cm³/mol. The van der Waals surface area contributed by atoms with Gasteiger partial charge in [-0.25, -0.2) is 13.1 Å². The minimum atomic E-state index is -3.60. The third-order valence-electron chi connectivity index (χ3n) is 6.09. The molecule has 1 aliphatic heterocycles. The molecule has 0 saturated heterocycles. The van der Waals surface area contributed by atoms with E-state index in [1.807, 2.05) is 36.1 Å². The molecule has 1 N–H and O–H groups in total. The molecule has 1 amide bonds. The van der Waals surface area contributed by atoms with E-state index >= 15 is 0 Å². The van der Waals surface area contributed by atoms with Crippen LogP contribution in [0.25, 0.3) is 0 Å². The molecule has 1 aromatic heterocycles. The largest absolute Gasteiger partial charge is 0.338 e. The van der Waals surface area contributed by atoms with Crippen LogP contribution < -0.4 is 4.72 Å². The molecule has 29 heavy (non-hydrogen) atoms. The summed E-state index contributed by atoms with van der Waals surface area (Å²) in [6.07, 6.45) is 4.82. The summed E-state index contributed by atoms with van der Waals surface area (Å²) in [5.74, 6) is 0.416. The summed E-state index contributed by atoms with van der Waals surface area (Å²) < 4.78 is 29.1. The summed E-state index contributed by atoms with van der Waals surface area (Å²) in [7, 11) is -3.60. The van der Waals surface area contributed by atoms with Crippen LogP contribution in [0.4, 0.5) is 0 Å². The zero-order chi connectivity index (χ0) is 20.6. The van der Waals surface area contributed by atoms with E-state index in [0.717, 1.165) is 48.1 Å². The van der Waals surface area contributed by atoms with Gasteiger partial charge in [0.25, 0.3) is 10.0 Å². The van der Waals surface area contributed by atoms with Gasteiger partial charge in [-0.15, -0.1) is 11.3 Å². The SMILES string of the molecule is CCc1ccc([C@H](C)NS(=O)(=O)c2cc3c(s2)CCN(C(=O)C2CCC2)C3)cc1. The van der Waals surface area contributed by atoms with Gasteiger partial charge < -0.3 is 4.90 Å². The van der Waals surface area contributed by atoms with Gasteiger partial charge in [-0.1, -0.05) is 37.6 Å². The van der Waals surface area contributed by atoms with Crippen molar-refractivity contribution < 1.29 is 13.2 Å². The van der Waals surface area contributed by atoms with Crippen molar-refractivity contribution in [1.29, 1.82) is 0 Å². The van der Waals surface area contributed by atoms with Crippen molar-refractivity contribution in [3.63, 3.8) is 0 Å². The molecule has 1 aromatic carbocycles. The Morgan fingerprint density at radius 1 is 1.28 bits per heavy atom. The maximum absolute atomic E-state index is 13.0. The van der Waals surface area contributed by atoms with Gasteiger partial charge in [0.05, 0.1) is 0 Å². The molecule has 2 heterocycles. The van der Waals surface area contributed by atoms with E-state index in [9.17, 15) is 13.2 Å². The number of amides is 1. The lowest BCUT2D eigenvalue weighted by Crippen LogP contribution is -2.41. The fourth-order valence-electron chi connectivity index (χ4n) is 3.94. The van der Waals surface area contributed by atoms with Crippen LogP contribution in [-0.2, 0) is 34.2 Å². The van der Waals surface area contributed by atoms with Gasteiger partial charge >= 0.3 is 0 Å². The van der Waals surface area contributed by atoms with Gasteiger partial charge in [-0.3, -0.25) is 4.79 Å². The predicted octanol–water partition coefficient (Wildman–Crippen LogP) is 4.03. The average Bonchev–Trinajstić information content (AvgIpc) is 3.10. The first-order valence-electron chi connectivity index (χ1n) is 10.4. The highest BCUT2D eigenvalue weighted by atomic mass is 32.2. The lowest BCUT2D eigenvalue weighted by molar-refractivity contribution is -0.139. The molecule has 2 aliphatic rings. The van der Waals surface area contributed by atoms with E-state index in [4.69, 9.17) is 0 Å². The Bertz CT molecular complexity index is 992. The fraction of sp³-hybridized carbons (Fsp3) is 0.500. The number of hydrogen-bond donors (Lipinski definition) is 1. The molecular weight excluding hydrogens is 404 g/mol. The maximum Gasteiger partial charge on any atom is 0.250 e. The van der Waals surface area contributed by atoms with Crippen molar-refractivity contribution in [2.24, 2.45) is 5.92 Å². The summed E-state index contributed by atoms with van der Waals surface area (Å²) >= 11 is 1.34. The monoisotopic (exact) mass is 432 g/mol. The van der Waals surface area contributed by atoms with Crippen LogP contribution in [0.1, 0.15) is 60.7 Å². The molecule has 156 valence electrons. The number of hydrogen-bond acceptors (Lipinski definition) is 4. The second-order valence-electron chi connectivity index (χ2n) is 8.09. The molecule has 1 saturated carbocycles. The van der Waals surface area contributed by atoms with E-state index < -0.39 is 10.0 Å². The van der Waals surface area contributed by atoms with Gasteiger partial charge in [-0.2, -0.15) is 0 Å². The van der Waals surface area contributed by atoms with Crippen molar-refractivity contribution in [2.45, 2.75) is 62.7 Å². The number of carbonyl (C=O) groups excluding carboxylic acids is 1. The third-order valence-corrected chi connectivity index (χ3v) is 9.35. The van der Waals surface area contributed by atoms with E-state index in [2.05, 4.69) is 11.6 Å². The first-order chi connectivity index (χ1) is 13.9. The molecule has 2 aromatic rings. The molecule has 4 rings (SSSR count). The average molecular weight is 433 g/mol. The molecule has 0 unspecified atom stereocenters. The third kappa shape index (κ3) is 4.27. The molecule has 0 spiro atoms. The number of nitrogens with zero attached hydrogens (tertiary/aromatic N) is 1. The standard InChI is InChI=1S/C22H28N2O3S2/c1-3-16-7-9-17(10-8-16)15(2)23-29(26,27)21-13-19-14-24(12-11-20(19)28-21)22(25)18-5-4-6-18/h7-10,13,15,18,23H,3-6,11-12,14H2,1-2H3/t15-/m0/s1. The smallest absolute Gasteiger partial charge is 0.250 e. The fourth-order valence-corrected chi connectivity index (χ4v) is 6.73. The summed E-state index contributed by atoms with van der Waals surface area (Å²) in [5.41, 5.74) is 3.16. The Morgan fingerprint density at radius 2 is 2.00 bits per heavy atom. The molecular formula is C22H28N2O3S2. The highest BCUT2D eigenvalue weighted by molar-refractivity contribution is 7.91. The Hall–Kier alpha value is -1.70. The molecule has 1 aliphatic carbocycles. The number of benzene rings is 1. The molecule has 7 heteroatoms. The van der Waals surface area contributed by atoms with Crippen LogP contribution in [0, 0.1) is 5.92 Å². The number of sulfonamides is 1. The number of rotatable bonds is 6. The van der Waals surface area contributed by atoms with Crippen LogP contribution in [0.15, 0.2) is 34.5 Å². The lowest BCUT2D eigenvalue weighted by Gasteiger charge is -2.33. The van der Waals surface area contributed by atoms with Crippen molar-refractivity contribution in [1.82, 2.24) is 9.62 Å². The second kappa shape index (κ2) is 8.20. The van der Waals surface area contributed by atoms with E-state index in [0.29, 0.717) is 17.3 Å². The van der Waals surface area contributed by atoms with Gasteiger partial charge in [0.1, 0.15) is 4.21 Å². The quantitative estimate of drug-likeness (QED) is 0.749. The van der Waals surface area contributed by atoms with E-state index in [-0.39, 0.29) is 17.9 Å². The minimum Gasteiger partial charge on any atom is -0.338 e. The number of aryl methyl sites for hydroxylation is 1. The highest BCUT2D eigenvalue weighted by Gasteiger charge is 2.32. The van der Waals surface area contributed by atoms with Gasteiger partial charge in [0.2, 0.25) is 5.91 Å². The Kier molecular flexibility index (Phi) is 5.82. The Balaban J connectivity index is 1.46. The second-order valence-corrected chi connectivity index (χ2v) is 11.2. The minimum absolute atomic E-state index is 0.181. The molecule has 1 fully saturated rings. The Morgan fingerprint density at radius 3 is 2.62 bits per heavy atom. The number of thiophene rings is 1. The van der Waals surface area contributed by atoms with Crippen molar-refractivity contribution in [3.05, 3.63) is 51.9 Å². The summed E-state index contributed by atoms with van der Waals surface area (Å²) in [6.45, 7) is 5.19. The molecule has 1 atom stereocenters. The topological polar surface area (TPSA) is 66.5 Å². The van der Waals surface area contributed by atoms with Crippen LogP contribution in [0.3, 0.4) is 0 Å². The molecule has 0 radical (unpaired) electrons. The van der Waals surface area contributed by atoms with E-state index in [1.165, 1.54) is 16.9 Å².